The number of hydrogen-bond acceptors (Lipinski definition) is 4. The lowest BCUT2D eigenvalue weighted by Gasteiger charge is -2.34. The van der Waals surface area contributed by atoms with Crippen molar-refractivity contribution in [2.24, 2.45) is 0 Å². The summed E-state index contributed by atoms with van der Waals surface area (Å²) < 4.78 is 18.8. The number of nitrogens with zero attached hydrogens (tertiary/aromatic N) is 2. The molecule has 0 spiro atoms. The van der Waals surface area contributed by atoms with Gasteiger partial charge in [-0.1, -0.05) is 12.1 Å². The van der Waals surface area contributed by atoms with Crippen LogP contribution in [0, 0.1) is 5.82 Å². The summed E-state index contributed by atoms with van der Waals surface area (Å²) in [5.41, 5.74) is 0.552. The van der Waals surface area contributed by atoms with Crippen LogP contribution in [0.2, 0.25) is 0 Å². The van der Waals surface area contributed by atoms with E-state index in [1.54, 1.807) is 29.0 Å². The van der Waals surface area contributed by atoms with Crippen molar-refractivity contribution in [1.29, 1.82) is 0 Å². The van der Waals surface area contributed by atoms with Crippen LogP contribution in [0.1, 0.15) is 32.4 Å². The molecule has 1 heterocycles. The summed E-state index contributed by atoms with van der Waals surface area (Å²) in [6, 6.07) is 6.13. The minimum absolute atomic E-state index is 0.0496. The molecule has 1 aromatic carbocycles. The van der Waals surface area contributed by atoms with Gasteiger partial charge in [-0.2, -0.15) is 0 Å². The van der Waals surface area contributed by atoms with E-state index in [0.29, 0.717) is 19.7 Å². The third-order valence-electron chi connectivity index (χ3n) is 3.99. The molecular weight excluding hydrogens is 337 g/mol. The van der Waals surface area contributed by atoms with E-state index < -0.39 is 0 Å². The van der Waals surface area contributed by atoms with Crippen LogP contribution in [0.15, 0.2) is 24.3 Å². The fourth-order valence-corrected chi connectivity index (χ4v) is 2.84. The average Bonchev–Trinajstić information content (AvgIpc) is 2.53. The van der Waals surface area contributed by atoms with E-state index >= 15 is 0 Å². The van der Waals surface area contributed by atoms with Crippen molar-refractivity contribution in [3.63, 3.8) is 0 Å². The quantitative estimate of drug-likeness (QED) is 0.861. The monoisotopic (exact) mass is 365 g/mol. The smallest absolute Gasteiger partial charge is 0.236 e. The number of benzene rings is 1. The largest absolute Gasteiger partial charge is 0.370 e. The lowest BCUT2D eigenvalue weighted by Crippen LogP contribution is -2.49. The number of hydrogen-bond donors (Lipinski definition) is 1. The maximum Gasteiger partial charge on any atom is 0.236 e. The van der Waals surface area contributed by atoms with Crippen molar-refractivity contribution in [2.75, 3.05) is 39.8 Å². The summed E-state index contributed by atoms with van der Waals surface area (Å²) in [6.07, 6.45) is -0.261. The molecule has 0 aromatic heterocycles. The lowest BCUT2D eigenvalue weighted by molar-refractivity contribution is -0.140. The highest BCUT2D eigenvalue weighted by Gasteiger charge is 2.26. The molecule has 1 aliphatic heterocycles. The van der Waals surface area contributed by atoms with Crippen molar-refractivity contribution in [2.45, 2.75) is 32.4 Å². The number of morpholine rings is 1. The van der Waals surface area contributed by atoms with Gasteiger partial charge in [0.15, 0.2) is 0 Å². The second-order valence-corrected chi connectivity index (χ2v) is 7.72. The van der Waals surface area contributed by atoms with Crippen molar-refractivity contribution in [3.05, 3.63) is 35.6 Å². The van der Waals surface area contributed by atoms with Crippen molar-refractivity contribution >= 4 is 11.8 Å². The highest BCUT2D eigenvalue weighted by atomic mass is 19.1. The molecule has 1 N–H and O–H groups in total. The van der Waals surface area contributed by atoms with E-state index in [-0.39, 0.29) is 42.4 Å². The fourth-order valence-electron chi connectivity index (χ4n) is 2.84. The third-order valence-corrected chi connectivity index (χ3v) is 3.99. The van der Waals surface area contributed by atoms with Gasteiger partial charge in [-0.3, -0.25) is 14.5 Å². The van der Waals surface area contributed by atoms with Gasteiger partial charge >= 0.3 is 0 Å². The molecule has 1 fully saturated rings. The van der Waals surface area contributed by atoms with Crippen molar-refractivity contribution in [3.8, 4) is 0 Å². The molecule has 1 atom stereocenters. The molecule has 0 radical (unpaired) electrons. The minimum atomic E-state index is -0.298. The second-order valence-electron chi connectivity index (χ2n) is 7.72. The Balaban J connectivity index is 1.86. The number of rotatable bonds is 5. The summed E-state index contributed by atoms with van der Waals surface area (Å²) in [5.74, 6) is -0.460. The zero-order chi connectivity index (χ0) is 19.3. The number of likely N-dealkylation sites (N-methyl/N-ethyl adjacent to an activating group) is 1. The lowest BCUT2D eigenvalue weighted by atomic mass is 10.1. The maximum atomic E-state index is 13.1. The average molecular weight is 365 g/mol. The summed E-state index contributed by atoms with van der Waals surface area (Å²) >= 11 is 0. The Morgan fingerprint density at radius 1 is 1.27 bits per heavy atom. The van der Waals surface area contributed by atoms with Crippen LogP contribution in [0.4, 0.5) is 4.39 Å². The molecule has 7 heteroatoms. The second kappa shape index (κ2) is 8.60. The number of carbonyl (C=O) groups excluding carboxylic acids is 2. The van der Waals surface area contributed by atoms with Crippen LogP contribution in [0.25, 0.3) is 0 Å². The molecule has 2 amide bonds. The van der Waals surface area contributed by atoms with E-state index in [1.165, 1.54) is 12.1 Å². The van der Waals surface area contributed by atoms with Gasteiger partial charge in [0, 0.05) is 12.1 Å². The highest BCUT2D eigenvalue weighted by molar-refractivity contribution is 5.81. The van der Waals surface area contributed by atoms with Crippen LogP contribution in [-0.4, -0.2) is 67.0 Å². The highest BCUT2D eigenvalue weighted by Crippen LogP contribution is 2.22. The van der Waals surface area contributed by atoms with Gasteiger partial charge in [-0.15, -0.1) is 0 Å². The predicted octanol–water partition coefficient (Wildman–Crippen LogP) is 1.57. The van der Waals surface area contributed by atoms with Gasteiger partial charge in [0.2, 0.25) is 11.8 Å². The van der Waals surface area contributed by atoms with Gasteiger partial charge in [-0.25, -0.2) is 4.39 Å². The molecule has 1 aromatic rings. The summed E-state index contributed by atoms with van der Waals surface area (Å²) in [5, 5.41) is 2.88. The summed E-state index contributed by atoms with van der Waals surface area (Å²) in [7, 11) is 1.75. The molecule has 6 nitrogen and oxygen atoms in total. The first-order valence-corrected chi connectivity index (χ1v) is 8.78. The number of carbonyl (C=O) groups is 2. The Morgan fingerprint density at radius 3 is 2.54 bits per heavy atom. The van der Waals surface area contributed by atoms with Crippen LogP contribution in [0.5, 0.6) is 0 Å². The number of ether oxygens (including phenoxy) is 1. The molecule has 1 aliphatic rings. The Hall–Kier alpha value is -1.99. The van der Waals surface area contributed by atoms with E-state index in [2.05, 4.69) is 5.32 Å². The first kappa shape index (κ1) is 20.3. The van der Waals surface area contributed by atoms with Crippen LogP contribution >= 0.6 is 0 Å². The Kier molecular flexibility index (Phi) is 6.72. The van der Waals surface area contributed by atoms with Gasteiger partial charge in [0.25, 0.3) is 0 Å². The van der Waals surface area contributed by atoms with Gasteiger partial charge < -0.3 is 15.0 Å². The Labute approximate surface area is 154 Å². The summed E-state index contributed by atoms with van der Waals surface area (Å²) in [6.45, 7) is 7.44. The molecule has 26 heavy (non-hydrogen) atoms. The minimum Gasteiger partial charge on any atom is -0.370 e. The molecule has 2 rings (SSSR count). The normalized spacial score (nSPS) is 18.1. The van der Waals surface area contributed by atoms with Crippen LogP contribution in [-0.2, 0) is 14.3 Å². The van der Waals surface area contributed by atoms with E-state index in [1.807, 2.05) is 20.8 Å². The van der Waals surface area contributed by atoms with Crippen molar-refractivity contribution in [1.82, 2.24) is 15.1 Å². The number of nitrogens with one attached hydrogen (secondary N) is 1. The summed E-state index contributed by atoms with van der Waals surface area (Å²) in [4.78, 5) is 27.9. The third kappa shape index (κ3) is 6.38. The maximum absolute atomic E-state index is 13.1. The van der Waals surface area contributed by atoms with Gasteiger partial charge in [0.05, 0.1) is 26.2 Å². The zero-order valence-electron chi connectivity index (χ0n) is 15.9. The Bertz CT molecular complexity index is 628. The molecule has 144 valence electrons. The Morgan fingerprint density at radius 2 is 1.92 bits per heavy atom. The predicted molar refractivity (Wildman–Crippen MR) is 97.1 cm³/mol. The zero-order valence-corrected chi connectivity index (χ0v) is 15.9. The first-order chi connectivity index (χ1) is 12.1. The van der Waals surface area contributed by atoms with E-state index in [9.17, 15) is 14.0 Å². The molecule has 0 bridgehead atoms. The van der Waals surface area contributed by atoms with Gasteiger partial charge in [0.1, 0.15) is 11.9 Å². The topological polar surface area (TPSA) is 61.9 Å². The van der Waals surface area contributed by atoms with Crippen molar-refractivity contribution < 1.29 is 18.7 Å². The molecule has 0 aliphatic carbocycles. The molecule has 1 saturated heterocycles. The van der Waals surface area contributed by atoms with Gasteiger partial charge in [-0.05, 0) is 45.5 Å². The standard InChI is InChI=1S/C19H28FN3O3/c1-19(2,3)21-17(24)12-22(4)13-18(25)23-9-10-26-16(11-23)14-5-7-15(20)8-6-14/h5-8,16H,9-13H2,1-4H3,(H,21,24). The number of amides is 2. The van der Waals surface area contributed by atoms with E-state index in [4.69, 9.17) is 4.74 Å². The van der Waals surface area contributed by atoms with Crippen LogP contribution < -0.4 is 5.32 Å². The van der Waals surface area contributed by atoms with Crippen LogP contribution in [0.3, 0.4) is 0 Å². The first-order valence-electron chi connectivity index (χ1n) is 8.78. The number of halogens is 1. The molecule has 1 unspecified atom stereocenters. The SMILES string of the molecule is CN(CC(=O)NC(C)(C)C)CC(=O)N1CCOC(c2ccc(F)cc2)C1. The fraction of sp³-hybridized carbons (Fsp3) is 0.579. The molecular formula is C19H28FN3O3. The van der Waals surface area contributed by atoms with E-state index in [0.717, 1.165) is 5.56 Å². The molecule has 0 saturated carbocycles.